The number of carbonyl (C=O) groups is 3. The van der Waals surface area contributed by atoms with Crippen molar-refractivity contribution in [1.29, 1.82) is 0 Å². The first-order valence-electron chi connectivity index (χ1n) is 30.1. The van der Waals surface area contributed by atoms with Crippen LogP contribution >= 0.6 is 0 Å². The highest BCUT2D eigenvalue weighted by Crippen LogP contribution is 2.17. The van der Waals surface area contributed by atoms with Crippen molar-refractivity contribution >= 4 is 17.9 Å². The number of hydrogen-bond acceptors (Lipinski definition) is 6. The SMILES string of the molecule is CCCCC/C=C/C/C=C/CCCCCCCCCC(=O)O[C@H](COC(=O)CCCCCCC/C=C/C/C=C/CCCCC)COC(=O)CCCCCCCCCCCCCCCCCCCCC. The smallest absolute Gasteiger partial charge is 0.306 e. The maximum atomic E-state index is 12.9. The Morgan fingerprint density at radius 1 is 0.290 bits per heavy atom. The van der Waals surface area contributed by atoms with E-state index in [2.05, 4.69) is 69.4 Å². The molecule has 0 rings (SSSR count). The molecule has 402 valence electrons. The van der Waals surface area contributed by atoms with Gasteiger partial charge < -0.3 is 14.2 Å². The Morgan fingerprint density at radius 2 is 0.522 bits per heavy atom. The molecule has 6 nitrogen and oxygen atoms in total. The topological polar surface area (TPSA) is 78.9 Å². The lowest BCUT2D eigenvalue weighted by Gasteiger charge is -2.18. The molecule has 0 aromatic carbocycles. The molecule has 1 atom stereocenters. The zero-order valence-corrected chi connectivity index (χ0v) is 46.1. The number of carbonyl (C=O) groups excluding carboxylic acids is 3. The van der Waals surface area contributed by atoms with E-state index in [0.717, 1.165) is 89.9 Å². The molecule has 0 aliphatic carbocycles. The summed E-state index contributed by atoms with van der Waals surface area (Å²) in [6.45, 7) is 6.61. The standard InChI is InChI=1S/C63H114O6/c1-4-7-10-13-16-19-22-25-28-30-31-33-35-38-41-44-47-50-53-56-62(65)68-59-60(58-67-61(64)55-52-49-46-43-40-37-34-27-24-21-18-15-12-9-6-3)69-63(66)57-54-51-48-45-42-39-36-32-29-26-23-20-17-14-11-8-5-2/h17-18,20-21,26-27,29,34,60H,4-16,19,22-25,28,30-33,35-59H2,1-3H3/b20-17+,21-18+,29-26+,34-27+/t60-/m1/s1. The van der Waals surface area contributed by atoms with E-state index in [1.807, 2.05) is 0 Å². The summed E-state index contributed by atoms with van der Waals surface area (Å²) in [6.07, 6.45) is 71.0. The summed E-state index contributed by atoms with van der Waals surface area (Å²) in [5.74, 6) is -0.883. The normalized spacial score (nSPS) is 12.3. The van der Waals surface area contributed by atoms with Crippen LogP contribution in [0.15, 0.2) is 48.6 Å². The molecule has 0 bridgehead atoms. The molecule has 6 heteroatoms. The van der Waals surface area contributed by atoms with Gasteiger partial charge in [0.25, 0.3) is 0 Å². The van der Waals surface area contributed by atoms with Crippen LogP contribution in [0.4, 0.5) is 0 Å². The van der Waals surface area contributed by atoms with Crippen LogP contribution in [0.3, 0.4) is 0 Å². The van der Waals surface area contributed by atoms with Crippen LogP contribution in [0, 0.1) is 0 Å². The number of esters is 3. The Bertz CT molecular complexity index is 1200. The minimum absolute atomic E-state index is 0.0778. The van der Waals surface area contributed by atoms with Gasteiger partial charge in [-0.3, -0.25) is 14.4 Å². The van der Waals surface area contributed by atoms with Crippen molar-refractivity contribution in [3.05, 3.63) is 48.6 Å². The van der Waals surface area contributed by atoms with Crippen molar-refractivity contribution in [3.63, 3.8) is 0 Å². The van der Waals surface area contributed by atoms with E-state index in [9.17, 15) is 14.4 Å². The molecule has 0 spiro atoms. The van der Waals surface area contributed by atoms with E-state index < -0.39 is 6.10 Å². The number of unbranched alkanes of at least 4 members (excludes halogenated alkanes) is 36. The molecule has 0 heterocycles. The molecule has 0 radical (unpaired) electrons. The van der Waals surface area contributed by atoms with Gasteiger partial charge >= 0.3 is 17.9 Å². The van der Waals surface area contributed by atoms with Gasteiger partial charge in [-0.1, -0.05) is 262 Å². The molecule has 0 aliphatic rings. The average molecular weight is 968 g/mol. The van der Waals surface area contributed by atoms with Crippen LogP contribution in [0.5, 0.6) is 0 Å². The molecule has 69 heavy (non-hydrogen) atoms. The van der Waals surface area contributed by atoms with Gasteiger partial charge in [-0.25, -0.2) is 0 Å². The molecule has 0 unspecified atom stereocenters. The van der Waals surface area contributed by atoms with Crippen molar-refractivity contribution in [2.45, 2.75) is 322 Å². The molecule has 0 aromatic rings. The summed E-state index contributed by atoms with van der Waals surface area (Å²) < 4.78 is 16.9. The van der Waals surface area contributed by atoms with E-state index in [0.29, 0.717) is 19.3 Å². The van der Waals surface area contributed by atoms with Gasteiger partial charge in [0.15, 0.2) is 6.10 Å². The van der Waals surface area contributed by atoms with Gasteiger partial charge in [0.1, 0.15) is 13.2 Å². The fourth-order valence-corrected chi connectivity index (χ4v) is 8.74. The lowest BCUT2D eigenvalue weighted by atomic mass is 10.0. The minimum Gasteiger partial charge on any atom is -0.462 e. The third-order valence-corrected chi connectivity index (χ3v) is 13.3. The van der Waals surface area contributed by atoms with Gasteiger partial charge in [0, 0.05) is 19.3 Å². The fraction of sp³-hybridized carbons (Fsp3) is 0.825. The number of allylic oxidation sites excluding steroid dienone is 8. The lowest BCUT2D eigenvalue weighted by Crippen LogP contribution is -2.30. The molecule has 0 saturated carbocycles. The molecular weight excluding hydrogens is 853 g/mol. The highest BCUT2D eigenvalue weighted by atomic mass is 16.6. The van der Waals surface area contributed by atoms with Gasteiger partial charge in [0.05, 0.1) is 0 Å². The Labute approximate surface area is 428 Å². The second-order valence-corrected chi connectivity index (χ2v) is 20.3. The van der Waals surface area contributed by atoms with Crippen molar-refractivity contribution < 1.29 is 28.6 Å². The summed E-state index contributed by atoms with van der Waals surface area (Å²) in [6, 6.07) is 0. The maximum absolute atomic E-state index is 12.9. The van der Waals surface area contributed by atoms with E-state index in [1.54, 1.807) is 0 Å². The lowest BCUT2D eigenvalue weighted by molar-refractivity contribution is -0.167. The van der Waals surface area contributed by atoms with Crippen LogP contribution < -0.4 is 0 Å². The second-order valence-electron chi connectivity index (χ2n) is 20.3. The molecule has 0 amide bonds. The Morgan fingerprint density at radius 3 is 0.826 bits per heavy atom. The summed E-state index contributed by atoms with van der Waals surface area (Å²) in [5, 5.41) is 0. The van der Waals surface area contributed by atoms with Gasteiger partial charge in [0.2, 0.25) is 0 Å². The van der Waals surface area contributed by atoms with E-state index >= 15 is 0 Å². The van der Waals surface area contributed by atoms with Crippen molar-refractivity contribution in [2.24, 2.45) is 0 Å². The minimum atomic E-state index is -0.782. The molecule has 0 saturated heterocycles. The van der Waals surface area contributed by atoms with Crippen LogP contribution in [0.1, 0.15) is 316 Å². The Balaban J connectivity index is 4.36. The monoisotopic (exact) mass is 967 g/mol. The fourth-order valence-electron chi connectivity index (χ4n) is 8.74. The first-order valence-corrected chi connectivity index (χ1v) is 30.1. The molecule has 0 aliphatic heterocycles. The van der Waals surface area contributed by atoms with Crippen molar-refractivity contribution in [2.75, 3.05) is 13.2 Å². The van der Waals surface area contributed by atoms with Crippen LogP contribution in [0.25, 0.3) is 0 Å². The largest absolute Gasteiger partial charge is 0.462 e. The highest BCUT2D eigenvalue weighted by Gasteiger charge is 2.19. The zero-order valence-electron chi connectivity index (χ0n) is 46.1. The van der Waals surface area contributed by atoms with E-state index in [4.69, 9.17) is 14.2 Å². The van der Waals surface area contributed by atoms with E-state index in [1.165, 1.54) is 186 Å². The summed E-state index contributed by atoms with van der Waals surface area (Å²) in [4.78, 5) is 38.2. The number of hydrogen-bond donors (Lipinski definition) is 0. The third-order valence-electron chi connectivity index (χ3n) is 13.3. The van der Waals surface area contributed by atoms with Gasteiger partial charge in [-0.2, -0.15) is 0 Å². The predicted molar refractivity (Wildman–Crippen MR) is 298 cm³/mol. The van der Waals surface area contributed by atoms with E-state index in [-0.39, 0.29) is 31.1 Å². The number of ether oxygens (including phenoxy) is 3. The van der Waals surface area contributed by atoms with Crippen LogP contribution in [-0.2, 0) is 28.6 Å². The first kappa shape index (κ1) is 66.4. The maximum Gasteiger partial charge on any atom is 0.306 e. The highest BCUT2D eigenvalue weighted by molar-refractivity contribution is 5.71. The molecule has 0 fully saturated rings. The third kappa shape index (κ3) is 56.2. The van der Waals surface area contributed by atoms with Crippen molar-refractivity contribution in [1.82, 2.24) is 0 Å². The number of rotatable bonds is 55. The first-order chi connectivity index (χ1) is 34.0. The van der Waals surface area contributed by atoms with Crippen LogP contribution in [0.2, 0.25) is 0 Å². The summed E-state index contributed by atoms with van der Waals surface area (Å²) in [7, 11) is 0. The van der Waals surface area contributed by atoms with Crippen LogP contribution in [-0.4, -0.2) is 37.2 Å². The predicted octanol–water partition coefficient (Wildman–Crippen LogP) is 20.2. The Kier molecular flexibility index (Phi) is 55.7. The molecular formula is C63H114O6. The summed E-state index contributed by atoms with van der Waals surface area (Å²) >= 11 is 0. The zero-order chi connectivity index (χ0) is 50.0. The van der Waals surface area contributed by atoms with Crippen molar-refractivity contribution in [3.8, 4) is 0 Å². The quantitative estimate of drug-likeness (QED) is 0.0262. The van der Waals surface area contributed by atoms with Gasteiger partial charge in [-0.05, 0) is 83.5 Å². The average Bonchev–Trinajstić information content (AvgIpc) is 3.35. The Hall–Kier alpha value is -2.63. The molecule has 0 aromatic heterocycles. The summed E-state index contributed by atoms with van der Waals surface area (Å²) in [5.41, 5.74) is 0. The second kappa shape index (κ2) is 57.9. The molecule has 0 N–H and O–H groups in total. The van der Waals surface area contributed by atoms with Gasteiger partial charge in [-0.15, -0.1) is 0 Å².